The van der Waals surface area contributed by atoms with Gasteiger partial charge in [0, 0.05) is 36.8 Å². The monoisotopic (exact) mass is 505 g/mol. The Balaban J connectivity index is 1.32. The van der Waals surface area contributed by atoms with Gasteiger partial charge in [-0.2, -0.15) is 0 Å². The second kappa shape index (κ2) is 9.29. The van der Waals surface area contributed by atoms with E-state index in [2.05, 4.69) is 65.6 Å². The van der Waals surface area contributed by atoms with Crippen molar-refractivity contribution in [2.75, 3.05) is 24.5 Å². The van der Waals surface area contributed by atoms with Gasteiger partial charge >= 0.3 is 0 Å². The molecular weight excluding hydrogens is 482 g/mol. The van der Waals surface area contributed by atoms with Gasteiger partial charge in [-0.05, 0) is 36.8 Å². The molecule has 8 nitrogen and oxygen atoms in total. The van der Waals surface area contributed by atoms with Gasteiger partial charge in [-0.25, -0.2) is 14.6 Å². The lowest BCUT2D eigenvalue weighted by atomic mass is 10.1. The highest BCUT2D eigenvalue weighted by Crippen LogP contribution is 2.24. The number of aryl methyl sites for hydroxylation is 1. The fraction of sp³-hybridized carbons (Fsp3) is 0.250. The van der Waals surface area contributed by atoms with E-state index in [1.54, 1.807) is 0 Å². The van der Waals surface area contributed by atoms with E-state index in [0.29, 0.717) is 25.3 Å². The third-order valence-electron chi connectivity index (χ3n) is 5.77. The number of amides is 1. The molecule has 0 radical (unpaired) electrons. The number of halogens is 1. The molecule has 1 fully saturated rings. The molecule has 2 aromatic heterocycles. The Morgan fingerprint density at radius 2 is 1.94 bits per heavy atom. The van der Waals surface area contributed by atoms with E-state index in [-0.39, 0.29) is 11.9 Å². The standard InChI is InChI=1S/C24H24BrN7O/c1-16-2-8-19(9-3-16)32-13-20-22(30-32)28-15-29-23(20)31-11-10-26-21(14-31)24(33)27-12-17-4-6-18(25)7-5-17/h2-9,13,15,21,26H,10-12,14H2,1H3,(H,27,33)/t21-/m1/s1. The van der Waals surface area contributed by atoms with Gasteiger partial charge in [0.25, 0.3) is 0 Å². The van der Waals surface area contributed by atoms with Crippen molar-refractivity contribution in [2.24, 2.45) is 0 Å². The van der Waals surface area contributed by atoms with Crippen LogP contribution in [0.3, 0.4) is 0 Å². The number of nitrogens with zero attached hydrogens (tertiary/aromatic N) is 5. The maximum Gasteiger partial charge on any atom is 0.239 e. The molecule has 1 saturated heterocycles. The predicted molar refractivity (Wildman–Crippen MR) is 131 cm³/mol. The molecule has 4 aromatic rings. The number of benzene rings is 2. The lowest BCUT2D eigenvalue weighted by Gasteiger charge is -2.33. The molecule has 9 heteroatoms. The summed E-state index contributed by atoms with van der Waals surface area (Å²) in [5.41, 5.74) is 3.85. The van der Waals surface area contributed by atoms with E-state index in [9.17, 15) is 4.79 Å². The van der Waals surface area contributed by atoms with Crippen LogP contribution in [0.1, 0.15) is 11.1 Å². The Labute approximate surface area is 200 Å². The van der Waals surface area contributed by atoms with Crippen LogP contribution in [0.2, 0.25) is 0 Å². The van der Waals surface area contributed by atoms with Crippen molar-refractivity contribution in [3.05, 3.63) is 76.7 Å². The second-order valence-electron chi connectivity index (χ2n) is 8.14. The highest BCUT2D eigenvalue weighted by molar-refractivity contribution is 9.10. The quantitative estimate of drug-likeness (QED) is 0.433. The largest absolute Gasteiger partial charge is 0.353 e. The van der Waals surface area contributed by atoms with Crippen LogP contribution < -0.4 is 15.5 Å². The fourth-order valence-corrected chi connectivity index (χ4v) is 4.20. The number of hydrogen-bond acceptors (Lipinski definition) is 6. The van der Waals surface area contributed by atoms with Gasteiger partial charge < -0.3 is 15.5 Å². The van der Waals surface area contributed by atoms with E-state index in [4.69, 9.17) is 0 Å². The minimum Gasteiger partial charge on any atom is -0.353 e. The number of nitrogens with one attached hydrogen (secondary N) is 2. The summed E-state index contributed by atoms with van der Waals surface area (Å²) in [6.45, 7) is 4.51. The minimum atomic E-state index is -0.327. The summed E-state index contributed by atoms with van der Waals surface area (Å²) >= 11 is 3.43. The molecule has 1 aliphatic heterocycles. The Bertz CT molecular complexity index is 1270. The molecule has 0 spiro atoms. The average molecular weight is 506 g/mol. The van der Waals surface area contributed by atoms with Crippen LogP contribution in [-0.4, -0.2) is 51.3 Å². The molecule has 0 aliphatic carbocycles. The van der Waals surface area contributed by atoms with Crippen molar-refractivity contribution in [2.45, 2.75) is 19.5 Å². The maximum atomic E-state index is 12.8. The van der Waals surface area contributed by atoms with E-state index in [1.165, 1.54) is 11.9 Å². The average Bonchev–Trinajstić information content (AvgIpc) is 3.28. The lowest BCUT2D eigenvalue weighted by Crippen LogP contribution is -2.57. The lowest BCUT2D eigenvalue weighted by molar-refractivity contribution is -0.123. The topological polar surface area (TPSA) is 88.0 Å². The molecule has 1 amide bonds. The zero-order valence-electron chi connectivity index (χ0n) is 18.2. The van der Waals surface area contributed by atoms with Crippen LogP contribution in [0, 0.1) is 6.92 Å². The number of carbonyl (C=O) groups is 1. The molecule has 33 heavy (non-hydrogen) atoms. The first-order valence-electron chi connectivity index (χ1n) is 10.8. The van der Waals surface area contributed by atoms with Gasteiger partial charge in [0.05, 0.1) is 11.1 Å². The molecule has 1 aliphatic rings. The van der Waals surface area contributed by atoms with E-state index in [0.717, 1.165) is 33.5 Å². The first kappa shape index (κ1) is 21.5. The van der Waals surface area contributed by atoms with Gasteiger partial charge in [-0.3, -0.25) is 4.79 Å². The van der Waals surface area contributed by atoms with Crippen molar-refractivity contribution in [3.8, 4) is 5.69 Å². The molecule has 0 unspecified atom stereocenters. The van der Waals surface area contributed by atoms with Crippen molar-refractivity contribution >= 4 is 38.7 Å². The smallest absolute Gasteiger partial charge is 0.239 e. The Kier molecular flexibility index (Phi) is 6.06. The Morgan fingerprint density at radius 3 is 2.73 bits per heavy atom. The molecular formula is C24H24BrN7O. The number of piperazine rings is 1. The van der Waals surface area contributed by atoms with E-state index in [1.807, 2.05) is 47.3 Å². The molecule has 168 valence electrons. The van der Waals surface area contributed by atoms with E-state index >= 15 is 0 Å². The van der Waals surface area contributed by atoms with Crippen LogP contribution in [0.15, 0.2) is 65.5 Å². The van der Waals surface area contributed by atoms with Gasteiger partial charge in [-0.15, -0.1) is 5.10 Å². The maximum absolute atomic E-state index is 12.8. The summed E-state index contributed by atoms with van der Waals surface area (Å²) in [7, 11) is 0. The van der Waals surface area contributed by atoms with Crippen LogP contribution in [0.5, 0.6) is 0 Å². The molecule has 3 heterocycles. The third-order valence-corrected chi connectivity index (χ3v) is 6.29. The van der Waals surface area contributed by atoms with Gasteiger partial charge in [0.2, 0.25) is 5.91 Å². The first-order chi connectivity index (χ1) is 16.1. The highest BCUT2D eigenvalue weighted by atomic mass is 79.9. The molecule has 1 atom stereocenters. The summed E-state index contributed by atoms with van der Waals surface area (Å²) < 4.78 is 2.84. The second-order valence-corrected chi connectivity index (χ2v) is 9.06. The zero-order valence-corrected chi connectivity index (χ0v) is 19.8. The van der Waals surface area contributed by atoms with Crippen LogP contribution >= 0.6 is 15.9 Å². The van der Waals surface area contributed by atoms with Crippen molar-refractivity contribution in [1.29, 1.82) is 0 Å². The third kappa shape index (κ3) is 4.74. The number of fused-ring (bicyclic) bond motifs is 1. The van der Waals surface area contributed by atoms with Crippen molar-refractivity contribution in [3.63, 3.8) is 0 Å². The van der Waals surface area contributed by atoms with Gasteiger partial charge in [-0.1, -0.05) is 45.8 Å². The minimum absolute atomic E-state index is 0.0248. The number of rotatable bonds is 5. The number of hydrogen-bond donors (Lipinski definition) is 2. The van der Waals surface area contributed by atoms with Gasteiger partial charge in [0.15, 0.2) is 5.65 Å². The molecule has 5 rings (SSSR count). The normalized spacial score (nSPS) is 16.2. The van der Waals surface area contributed by atoms with Crippen LogP contribution in [-0.2, 0) is 11.3 Å². The highest BCUT2D eigenvalue weighted by Gasteiger charge is 2.27. The van der Waals surface area contributed by atoms with E-state index < -0.39 is 0 Å². The number of carbonyl (C=O) groups excluding carboxylic acids is 1. The Morgan fingerprint density at radius 1 is 1.15 bits per heavy atom. The molecule has 0 saturated carbocycles. The Hall–Kier alpha value is -3.30. The summed E-state index contributed by atoms with van der Waals surface area (Å²) in [5, 5.41) is 11.9. The zero-order chi connectivity index (χ0) is 22.8. The SMILES string of the molecule is Cc1ccc(-n2cc3c(N4CCN[C@@H](C(=O)NCc5ccc(Br)cc5)C4)ncnc3n2)cc1. The number of aromatic nitrogens is 4. The van der Waals surface area contributed by atoms with Gasteiger partial charge in [0.1, 0.15) is 18.2 Å². The summed E-state index contributed by atoms with van der Waals surface area (Å²) in [4.78, 5) is 23.9. The summed E-state index contributed by atoms with van der Waals surface area (Å²) in [6, 6.07) is 15.8. The van der Waals surface area contributed by atoms with Crippen molar-refractivity contribution < 1.29 is 4.79 Å². The fourth-order valence-electron chi connectivity index (χ4n) is 3.94. The summed E-state index contributed by atoms with van der Waals surface area (Å²) in [6.07, 6.45) is 3.49. The predicted octanol–water partition coefficient (Wildman–Crippen LogP) is 2.98. The number of anilines is 1. The molecule has 2 aromatic carbocycles. The molecule has 0 bridgehead atoms. The van der Waals surface area contributed by atoms with Crippen LogP contribution in [0.25, 0.3) is 16.7 Å². The summed E-state index contributed by atoms with van der Waals surface area (Å²) in [5.74, 6) is 0.772. The van der Waals surface area contributed by atoms with Crippen molar-refractivity contribution in [1.82, 2.24) is 30.4 Å². The van der Waals surface area contributed by atoms with Crippen LogP contribution in [0.4, 0.5) is 5.82 Å². The first-order valence-corrected chi connectivity index (χ1v) is 11.6. The molecule has 2 N–H and O–H groups in total.